The van der Waals surface area contributed by atoms with E-state index in [1.54, 1.807) is 36.4 Å². The van der Waals surface area contributed by atoms with Crippen molar-refractivity contribution in [1.82, 2.24) is 4.98 Å². The molecule has 0 unspecified atom stereocenters. The topological polar surface area (TPSA) is 173 Å². The van der Waals surface area contributed by atoms with Crippen LogP contribution in [0.25, 0.3) is 22.4 Å². The molecule has 5 atom stereocenters. The van der Waals surface area contributed by atoms with Gasteiger partial charge in [-0.1, -0.05) is 48.2 Å². The fourth-order valence-electron chi connectivity index (χ4n) is 4.31. The summed E-state index contributed by atoms with van der Waals surface area (Å²) in [6.45, 7) is 0.733. The molecule has 1 aliphatic heterocycles. The van der Waals surface area contributed by atoms with Crippen molar-refractivity contribution in [3.63, 3.8) is 0 Å². The molecule has 0 spiro atoms. The molecule has 198 valence electrons. The van der Waals surface area contributed by atoms with Crippen LogP contribution in [0.2, 0.25) is 0 Å². The summed E-state index contributed by atoms with van der Waals surface area (Å²) in [5, 5.41) is 61.4. The molecule has 38 heavy (non-hydrogen) atoms. The van der Waals surface area contributed by atoms with Crippen molar-refractivity contribution in [2.45, 2.75) is 41.8 Å². The van der Waals surface area contributed by atoms with Gasteiger partial charge in [-0.3, -0.25) is 4.79 Å². The fraction of sp³-hybridized carbons (Fsp3) is 0.296. The van der Waals surface area contributed by atoms with Crippen LogP contribution in [0, 0.1) is 11.3 Å². The highest BCUT2D eigenvalue weighted by Crippen LogP contribution is 2.43. The van der Waals surface area contributed by atoms with E-state index in [9.17, 15) is 35.6 Å². The van der Waals surface area contributed by atoms with Crippen LogP contribution in [0.5, 0.6) is 11.5 Å². The number of ketones is 1. The Bertz CT molecular complexity index is 1380. The van der Waals surface area contributed by atoms with Crippen molar-refractivity contribution in [3.8, 4) is 40.0 Å². The largest absolute Gasteiger partial charge is 0.504 e. The second kappa shape index (κ2) is 11.5. The maximum atomic E-state index is 13.0. The number of carbonyl (C=O) groups is 1. The lowest BCUT2D eigenvalue weighted by Crippen LogP contribution is -2.57. The second-order valence-corrected chi connectivity index (χ2v) is 9.71. The third-order valence-corrected chi connectivity index (χ3v) is 7.36. The summed E-state index contributed by atoms with van der Waals surface area (Å²) in [5.41, 5.74) is 0.302. The Balaban J connectivity index is 1.98. The van der Waals surface area contributed by atoms with E-state index in [4.69, 9.17) is 9.47 Å². The molecule has 1 saturated heterocycles. The molecule has 2 heterocycles. The van der Waals surface area contributed by atoms with Crippen LogP contribution in [-0.4, -0.2) is 79.9 Å². The number of phenols is 1. The van der Waals surface area contributed by atoms with Gasteiger partial charge in [0.25, 0.3) is 0 Å². The molecule has 0 amide bonds. The molecule has 0 bridgehead atoms. The Kier molecular flexibility index (Phi) is 8.32. The van der Waals surface area contributed by atoms with Crippen LogP contribution >= 0.6 is 11.8 Å². The van der Waals surface area contributed by atoms with E-state index in [-0.39, 0.29) is 44.7 Å². The molecule has 0 saturated carbocycles. The average molecular weight is 539 g/mol. The van der Waals surface area contributed by atoms with E-state index in [0.717, 1.165) is 11.8 Å². The second-order valence-electron chi connectivity index (χ2n) is 8.63. The highest BCUT2D eigenvalue weighted by atomic mass is 32.2. The zero-order valence-corrected chi connectivity index (χ0v) is 21.3. The predicted octanol–water partition coefficient (Wildman–Crippen LogP) is 2.10. The molecular formula is C27H26N2O8S. The van der Waals surface area contributed by atoms with Gasteiger partial charge in [0, 0.05) is 11.1 Å². The summed E-state index contributed by atoms with van der Waals surface area (Å²) in [6.07, 6.45) is -5.90. The Morgan fingerprint density at radius 2 is 1.82 bits per heavy atom. The van der Waals surface area contributed by atoms with Gasteiger partial charge in [-0.2, -0.15) is 5.26 Å². The Hall–Kier alpha value is -3.50. The van der Waals surface area contributed by atoms with E-state index in [1.807, 2.05) is 0 Å². The van der Waals surface area contributed by atoms with Crippen LogP contribution in [-0.2, 0) is 4.74 Å². The number of aromatic hydroxyl groups is 1. The SMILES string of the molecule is COc1ccc(-c2c(C#N)c(S[C@@H]3O[C@H](CO)[C@H](O)[C@H](O)[C@H]3O)nc(-c3ccccc3)c2C(C)=O)cc1O. The molecular weight excluding hydrogens is 512 g/mol. The quantitative estimate of drug-likeness (QED) is 0.279. The minimum atomic E-state index is -1.62. The highest BCUT2D eigenvalue weighted by Gasteiger charge is 2.44. The van der Waals surface area contributed by atoms with Gasteiger partial charge in [0.1, 0.15) is 40.9 Å². The van der Waals surface area contributed by atoms with Gasteiger partial charge in [-0.25, -0.2) is 4.98 Å². The minimum absolute atomic E-state index is 0.0265. The number of Topliss-reactive ketones (excluding diaryl/α,β-unsaturated/α-hetero) is 1. The Labute approximate surface area is 222 Å². The van der Waals surface area contributed by atoms with E-state index in [1.165, 1.54) is 26.2 Å². The van der Waals surface area contributed by atoms with E-state index in [2.05, 4.69) is 11.1 Å². The summed E-state index contributed by atoms with van der Waals surface area (Å²) in [6, 6.07) is 15.4. The van der Waals surface area contributed by atoms with Crippen molar-refractivity contribution in [2.75, 3.05) is 13.7 Å². The Morgan fingerprint density at radius 3 is 2.39 bits per heavy atom. The third-order valence-electron chi connectivity index (χ3n) is 6.22. The van der Waals surface area contributed by atoms with Crippen molar-refractivity contribution >= 4 is 17.5 Å². The number of aromatic nitrogens is 1. The first kappa shape index (κ1) is 27.5. The van der Waals surface area contributed by atoms with E-state index < -0.39 is 36.5 Å². The smallest absolute Gasteiger partial charge is 0.162 e. The van der Waals surface area contributed by atoms with Gasteiger partial charge < -0.3 is 35.0 Å². The summed E-state index contributed by atoms with van der Waals surface area (Å²) in [4.78, 5) is 17.7. The summed E-state index contributed by atoms with van der Waals surface area (Å²) >= 11 is 0.812. The average Bonchev–Trinajstić information content (AvgIpc) is 2.92. The zero-order valence-electron chi connectivity index (χ0n) is 20.5. The van der Waals surface area contributed by atoms with Crippen molar-refractivity contribution in [3.05, 3.63) is 59.7 Å². The molecule has 2 aromatic carbocycles. The van der Waals surface area contributed by atoms with Gasteiger partial charge in [0.15, 0.2) is 17.3 Å². The van der Waals surface area contributed by atoms with Crippen LogP contribution in [0.4, 0.5) is 0 Å². The van der Waals surface area contributed by atoms with Gasteiger partial charge in [0.05, 0.1) is 30.5 Å². The number of pyridine rings is 1. The number of phenolic OH excluding ortho intramolecular Hbond substituents is 1. The number of rotatable bonds is 7. The van der Waals surface area contributed by atoms with Gasteiger partial charge in [-0.05, 0) is 24.6 Å². The fourth-order valence-corrected chi connectivity index (χ4v) is 5.44. The van der Waals surface area contributed by atoms with Crippen molar-refractivity contribution in [1.29, 1.82) is 5.26 Å². The first-order chi connectivity index (χ1) is 18.2. The maximum absolute atomic E-state index is 13.0. The predicted molar refractivity (Wildman–Crippen MR) is 138 cm³/mol. The zero-order chi connectivity index (χ0) is 27.6. The molecule has 0 aliphatic carbocycles. The lowest BCUT2D eigenvalue weighted by atomic mass is 9.90. The Morgan fingerprint density at radius 1 is 1.11 bits per heavy atom. The molecule has 4 rings (SSSR count). The van der Waals surface area contributed by atoms with E-state index >= 15 is 0 Å². The monoisotopic (exact) mass is 538 g/mol. The molecule has 1 aromatic heterocycles. The lowest BCUT2D eigenvalue weighted by Gasteiger charge is -2.39. The number of nitriles is 1. The van der Waals surface area contributed by atoms with Crippen molar-refractivity contribution < 1.29 is 39.8 Å². The lowest BCUT2D eigenvalue weighted by molar-refractivity contribution is -0.205. The number of hydrogen-bond donors (Lipinski definition) is 5. The van der Waals surface area contributed by atoms with Gasteiger partial charge in [0.2, 0.25) is 0 Å². The van der Waals surface area contributed by atoms with Crippen LogP contribution in [0.3, 0.4) is 0 Å². The molecule has 1 fully saturated rings. The number of aliphatic hydroxyl groups is 4. The number of benzene rings is 2. The molecule has 1 aliphatic rings. The number of aliphatic hydroxyl groups excluding tert-OH is 4. The first-order valence-electron chi connectivity index (χ1n) is 11.6. The highest BCUT2D eigenvalue weighted by molar-refractivity contribution is 7.99. The summed E-state index contributed by atoms with van der Waals surface area (Å²) in [7, 11) is 1.39. The van der Waals surface area contributed by atoms with Gasteiger partial charge >= 0.3 is 0 Å². The molecule has 11 heteroatoms. The first-order valence-corrected chi connectivity index (χ1v) is 12.5. The number of thioether (sulfide) groups is 1. The summed E-state index contributed by atoms with van der Waals surface area (Å²) < 4.78 is 10.8. The third kappa shape index (κ3) is 5.10. The molecule has 5 N–H and O–H groups in total. The molecule has 10 nitrogen and oxygen atoms in total. The minimum Gasteiger partial charge on any atom is -0.504 e. The number of carbonyl (C=O) groups excluding carboxylic acids is 1. The molecule has 3 aromatic rings. The number of nitrogens with zero attached hydrogens (tertiary/aromatic N) is 2. The van der Waals surface area contributed by atoms with E-state index in [0.29, 0.717) is 11.1 Å². The van der Waals surface area contributed by atoms with Crippen molar-refractivity contribution in [2.24, 2.45) is 0 Å². The van der Waals surface area contributed by atoms with Crippen LogP contribution in [0.1, 0.15) is 22.8 Å². The van der Waals surface area contributed by atoms with Crippen LogP contribution < -0.4 is 4.74 Å². The van der Waals surface area contributed by atoms with Gasteiger partial charge in [-0.15, -0.1) is 0 Å². The number of ether oxygens (including phenoxy) is 2. The normalized spacial score (nSPS) is 23.0. The van der Waals surface area contributed by atoms with Crippen LogP contribution in [0.15, 0.2) is 53.6 Å². The standard InChI is InChI=1S/C27H26N2O8S/c1-13(31)20-21(15-8-9-18(36-2)17(32)10-15)16(11-28)26(29-22(20)14-6-4-3-5-7-14)38-27-25(35)24(34)23(33)19(12-30)37-27/h3-10,19,23-25,27,30,32-35H,12H2,1-2H3/t19-,23+,24+,25-,27+/m1/s1. The maximum Gasteiger partial charge on any atom is 0.162 e. The molecule has 0 radical (unpaired) electrons. The number of hydrogen-bond acceptors (Lipinski definition) is 11. The number of methoxy groups -OCH3 is 1. The summed E-state index contributed by atoms with van der Waals surface area (Å²) in [5.74, 6) is -0.378.